The Morgan fingerprint density at radius 2 is 1.95 bits per heavy atom. The van der Waals surface area contributed by atoms with Crippen molar-refractivity contribution in [1.29, 1.82) is 0 Å². The van der Waals surface area contributed by atoms with E-state index in [-0.39, 0.29) is 30.7 Å². The molecule has 1 heterocycles. The van der Waals surface area contributed by atoms with Crippen LogP contribution in [0.3, 0.4) is 0 Å². The summed E-state index contributed by atoms with van der Waals surface area (Å²) in [5.41, 5.74) is 0.829. The zero-order chi connectivity index (χ0) is 15.0. The summed E-state index contributed by atoms with van der Waals surface area (Å²) in [7, 11) is 1.67. The number of thiazole rings is 1. The van der Waals surface area contributed by atoms with E-state index in [2.05, 4.69) is 29.5 Å². The largest absolute Gasteiger partial charge is 0.383 e. The van der Waals surface area contributed by atoms with Gasteiger partial charge in [0.1, 0.15) is 4.88 Å². The molecule has 5 nitrogen and oxygen atoms in total. The standard InChI is InChI=1S/C14H25N3O2S.2ClH/c1-10(2)9-12-17-11(3)13(20-12)14(18)16-6-5-15-7-8-19-4;;/h10,15H,5-9H2,1-4H3,(H,16,18);2*1H. The molecule has 130 valence electrons. The van der Waals surface area contributed by atoms with Gasteiger partial charge in [-0.15, -0.1) is 36.2 Å². The van der Waals surface area contributed by atoms with Crippen molar-refractivity contribution < 1.29 is 9.53 Å². The first kappa shape index (κ1) is 23.9. The summed E-state index contributed by atoms with van der Waals surface area (Å²) in [6, 6.07) is 0. The number of ether oxygens (including phenoxy) is 1. The Labute approximate surface area is 149 Å². The van der Waals surface area contributed by atoms with Crippen LogP contribution in [0, 0.1) is 12.8 Å². The van der Waals surface area contributed by atoms with Crippen molar-refractivity contribution in [3.05, 3.63) is 15.6 Å². The Morgan fingerprint density at radius 3 is 2.55 bits per heavy atom. The second kappa shape index (κ2) is 13.1. The lowest BCUT2D eigenvalue weighted by Gasteiger charge is -2.05. The molecule has 1 aromatic heterocycles. The number of nitrogens with zero attached hydrogens (tertiary/aromatic N) is 1. The first-order chi connectivity index (χ1) is 9.54. The van der Waals surface area contributed by atoms with E-state index in [9.17, 15) is 4.79 Å². The van der Waals surface area contributed by atoms with Crippen molar-refractivity contribution in [3.63, 3.8) is 0 Å². The van der Waals surface area contributed by atoms with Crippen LogP contribution in [0.5, 0.6) is 0 Å². The average molecular weight is 372 g/mol. The molecule has 0 unspecified atom stereocenters. The normalized spacial score (nSPS) is 10.0. The van der Waals surface area contributed by atoms with E-state index in [1.165, 1.54) is 11.3 Å². The van der Waals surface area contributed by atoms with E-state index >= 15 is 0 Å². The lowest BCUT2D eigenvalue weighted by molar-refractivity contribution is 0.0957. The van der Waals surface area contributed by atoms with Crippen molar-refractivity contribution in [2.24, 2.45) is 5.92 Å². The number of nitrogens with one attached hydrogen (secondary N) is 2. The van der Waals surface area contributed by atoms with Gasteiger partial charge in [-0.3, -0.25) is 4.79 Å². The third-order valence-electron chi connectivity index (χ3n) is 2.70. The number of rotatable bonds is 9. The molecule has 1 rings (SSSR count). The molecular formula is C14H27Cl2N3O2S. The minimum absolute atomic E-state index is 0. The second-order valence-corrected chi connectivity index (χ2v) is 6.20. The molecule has 0 aliphatic carbocycles. The molecule has 0 bridgehead atoms. The number of hydrogen-bond acceptors (Lipinski definition) is 5. The Morgan fingerprint density at radius 1 is 1.27 bits per heavy atom. The zero-order valence-corrected chi connectivity index (χ0v) is 16.1. The third-order valence-corrected chi connectivity index (χ3v) is 3.88. The van der Waals surface area contributed by atoms with Crippen molar-refractivity contribution in [3.8, 4) is 0 Å². The summed E-state index contributed by atoms with van der Waals surface area (Å²) in [5.74, 6) is 0.532. The van der Waals surface area contributed by atoms with Gasteiger partial charge in [-0.25, -0.2) is 4.98 Å². The Hall–Kier alpha value is -0.400. The van der Waals surface area contributed by atoms with Crippen LogP contribution in [-0.4, -0.2) is 44.2 Å². The molecule has 0 spiro atoms. The first-order valence-corrected chi connectivity index (χ1v) is 7.80. The number of methoxy groups -OCH3 is 1. The predicted molar refractivity (Wildman–Crippen MR) is 97.0 cm³/mol. The number of amides is 1. The number of aryl methyl sites for hydroxylation is 1. The maximum atomic E-state index is 12.1. The number of aromatic nitrogens is 1. The van der Waals surface area contributed by atoms with Crippen molar-refractivity contribution >= 4 is 42.1 Å². The minimum atomic E-state index is -0.0245. The van der Waals surface area contributed by atoms with Crippen LogP contribution in [0.4, 0.5) is 0 Å². The summed E-state index contributed by atoms with van der Waals surface area (Å²) in [6.45, 7) is 9.03. The monoisotopic (exact) mass is 371 g/mol. The molecule has 0 saturated heterocycles. The highest BCUT2D eigenvalue weighted by Crippen LogP contribution is 2.20. The van der Waals surface area contributed by atoms with Gasteiger partial charge in [0.15, 0.2) is 0 Å². The first-order valence-electron chi connectivity index (χ1n) is 6.98. The van der Waals surface area contributed by atoms with Gasteiger partial charge in [0.2, 0.25) is 0 Å². The summed E-state index contributed by atoms with van der Waals surface area (Å²) >= 11 is 1.50. The highest BCUT2D eigenvalue weighted by molar-refractivity contribution is 7.13. The van der Waals surface area contributed by atoms with Crippen LogP contribution < -0.4 is 10.6 Å². The van der Waals surface area contributed by atoms with E-state index < -0.39 is 0 Å². The molecule has 1 aromatic rings. The van der Waals surface area contributed by atoms with Gasteiger partial charge in [0, 0.05) is 33.2 Å². The van der Waals surface area contributed by atoms with Crippen molar-refractivity contribution in [2.45, 2.75) is 27.2 Å². The van der Waals surface area contributed by atoms with Gasteiger partial charge in [-0.05, 0) is 12.8 Å². The number of carbonyl (C=O) groups is 1. The van der Waals surface area contributed by atoms with E-state index in [0.29, 0.717) is 19.1 Å². The fraction of sp³-hybridized carbons (Fsp3) is 0.714. The summed E-state index contributed by atoms with van der Waals surface area (Å²) < 4.78 is 4.93. The van der Waals surface area contributed by atoms with Gasteiger partial charge in [0.25, 0.3) is 5.91 Å². The van der Waals surface area contributed by atoms with Crippen LogP contribution >= 0.6 is 36.2 Å². The van der Waals surface area contributed by atoms with Crippen LogP contribution in [-0.2, 0) is 11.2 Å². The quantitative estimate of drug-likeness (QED) is 0.654. The van der Waals surface area contributed by atoms with Crippen LogP contribution in [0.1, 0.15) is 34.2 Å². The summed E-state index contributed by atoms with van der Waals surface area (Å²) in [5, 5.41) is 7.14. The van der Waals surface area contributed by atoms with Gasteiger partial charge in [-0.1, -0.05) is 13.8 Å². The predicted octanol–water partition coefficient (Wildman–Crippen LogP) is 2.46. The van der Waals surface area contributed by atoms with Crippen LogP contribution in [0.15, 0.2) is 0 Å². The third kappa shape index (κ3) is 8.90. The minimum Gasteiger partial charge on any atom is -0.383 e. The smallest absolute Gasteiger partial charge is 0.263 e. The van der Waals surface area contributed by atoms with Crippen molar-refractivity contribution in [1.82, 2.24) is 15.6 Å². The van der Waals surface area contributed by atoms with E-state index in [1.807, 2.05) is 6.92 Å². The van der Waals surface area contributed by atoms with Crippen LogP contribution in [0.25, 0.3) is 0 Å². The highest BCUT2D eigenvalue weighted by atomic mass is 35.5. The number of halogens is 2. The SMILES string of the molecule is COCCNCCNC(=O)c1sc(CC(C)C)nc1C.Cl.Cl. The molecular weight excluding hydrogens is 345 g/mol. The molecule has 0 atom stereocenters. The topological polar surface area (TPSA) is 63.2 Å². The highest BCUT2D eigenvalue weighted by Gasteiger charge is 2.15. The van der Waals surface area contributed by atoms with Crippen LogP contribution in [0.2, 0.25) is 0 Å². The number of carbonyl (C=O) groups excluding carboxylic acids is 1. The molecule has 0 radical (unpaired) electrons. The second-order valence-electron chi connectivity index (χ2n) is 5.12. The van der Waals surface area contributed by atoms with E-state index in [4.69, 9.17) is 4.74 Å². The molecule has 0 aliphatic rings. The van der Waals surface area contributed by atoms with Gasteiger partial charge < -0.3 is 15.4 Å². The Bertz CT molecular complexity index is 428. The molecule has 1 amide bonds. The lowest BCUT2D eigenvalue weighted by Crippen LogP contribution is -2.33. The summed E-state index contributed by atoms with van der Waals surface area (Å²) in [4.78, 5) is 17.3. The maximum absolute atomic E-state index is 12.1. The average Bonchev–Trinajstić information content (AvgIpc) is 2.73. The molecule has 0 fully saturated rings. The molecule has 0 aliphatic heterocycles. The molecule has 8 heteroatoms. The van der Waals surface area contributed by atoms with E-state index in [1.54, 1.807) is 7.11 Å². The molecule has 2 N–H and O–H groups in total. The Balaban J connectivity index is 0. The Kier molecular flexibility index (Phi) is 14.2. The maximum Gasteiger partial charge on any atom is 0.263 e. The zero-order valence-electron chi connectivity index (χ0n) is 13.6. The molecule has 0 saturated carbocycles. The molecule has 22 heavy (non-hydrogen) atoms. The molecule has 0 aromatic carbocycles. The van der Waals surface area contributed by atoms with Gasteiger partial charge in [-0.2, -0.15) is 0 Å². The summed E-state index contributed by atoms with van der Waals surface area (Å²) in [6.07, 6.45) is 0.928. The van der Waals surface area contributed by atoms with Crippen molar-refractivity contribution in [2.75, 3.05) is 33.4 Å². The fourth-order valence-corrected chi connectivity index (χ4v) is 2.94. The lowest BCUT2D eigenvalue weighted by atomic mass is 10.1. The fourth-order valence-electron chi connectivity index (χ4n) is 1.74. The van der Waals surface area contributed by atoms with Gasteiger partial charge >= 0.3 is 0 Å². The van der Waals surface area contributed by atoms with E-state index in [0.717, 1.165) is 35.1 Å². The van der Waals surface area contributed by atoms with Gasteiger partial charge in [0.05, 0.1) is 17.3 Å². The number of hydrogen-bond donors (Lipinski definition) is 2.